The first-order valence-electron chi connectivity index (χ1n) is 11.5. The van der Waals surface area contributed by atoms with Gasteiger partial charge >= 0.3 is 0 Å². The van der Waals surface area contributed by atoms with Crippen LogP contribution in [0.15, 0.2) is 88.7 Å². The minimum absolute atomic E-state index is 0.0140. The largest absolute Gasteiger partial charge is 0.455 e. The molecule has 5 rings (SSSR count). The Morgan fingerprint density at radius 2 is 1.69 bits per heavy atom. The molecule has 4 aromatic rings. The molecule has 7 heteroatoms. The van der Waals surface area contributed by atoms with E-state index in [4.69, 9.17) is 10.5 Å². The molecule has 176 valence electrons. The Morgan fingerprint density at radius 3 is 2.49 bits per heavy atom. The summed E-state index contributed by atoms with van der Waals surface area (Å²) in [6.07, 6.45) is 0.603. The third-order valence-electron chi connectivity index (χ3n) is 5.90. The first-order chi connectivity index (χ1) is 17.0. The number of hydrogen-bond donors (Lipinski definition) is 2. The van der Waals surface area contributed by atoms with E-state index in [2.05, 4.69) is 33.7 Å². The number of carbonyl (C=O) groups excluding carboxylic acids is 1. The number of nitrogens with one attached hydrogen (secondary N) is 1. The molecular formula is C28H26N4O2S. The summed E-state index contributed by atoms with van der Waals surface area (Å²) in [6.45, 7) is 3.83. The van der Waals surface area contributed by atoms with Crippen molar-refractivity contribution in [3.63, 3.8) is 0 Å². The monoisotopic (exact) mass is 482 g/mol. The number of ether oxygens (including phenoxy) is 1. The molecule has 1 aromatic heterocycles. The molecule has 0 bridgehead atoms. The van der Waals surface area contributed by atoms with Crippen LogP contribution < -0.4 is 15.8 Å². The molecule has 0 saturated heterocycles. The summed E-state index contributed by atoms with van der Waals surface area (Å²) in [5.41, 5.74) is 9.70. The number of benzene rings is 3. The van der Waals surface area contributed by atoms with Gasteiger partial charge in [0.15, 0.2) is 5.82 Å². The maximum Gasteiger partial charge on any atom is 0.242 e. The highest BCUT2D eigenvalue weighted by Gasteiger charge is 2.21. The topological polar surface area (TPSA) is 90.1 Å². The van der Waals surface area contributed by atoms with Gasteiger partial charge in [0, 0.05) is 17.5 Å². The van der Waals surface area contributed by atoms with E-state index in [1.165, 1.54) is 0 Å². The second kappa shape index (κ2) is 9.90. The van der Waals surface area contributed by atoms with Crippen LogP contribution in [0.3, 0.4) is 0 Å². The van der Waals surface area contributed by atoms with Gasteiger partial charge in [0.1, 0.15) is 11.5 Å². The van der Waals surface area contributed by atoms with Gasteiger partial charge < -0.3 is 15.8 Å². The highest BCUT2D eigenvalue weighted by atomic mass is 32.2. The number of anilines is 1. The minimum atomic E-state index is -0.624. The fourth-order valence-corrected chi connectivity index (χ4v) is 4.81. The molecule has 1 atom stereocenters. The van der Waals surface area contributed by atoms with E-state index in [9.17, 15) is 4.79 Å². The van der Waals surface area contributed by atoms with E-state index in [-0.39, 0.29) is 11.8 Å². The summed E-state index contributed by atoms with van der Waals surface area (Å²) in [5, 5.41) is 11.7. The lowest BCUT2D eigenvalue weighted by molar-refractivity contribution is -0.118. The van der Waals surface area contributed by atoms with E-state index in [0.29, 0.717) is 12.2 Å². The Hall–Kier alpha value is -3.68. The Morgan fingerprint density at radius 1 is 0.943 bits per heavy atom. The smallest absolute Gasteiger partial charge is 0.242 e. The zero-order valence-corrected chi connectivity index (χ0v) is 20.4. The van der Waals surface area contributed by atoms with Gasteiger partial charge in [-0.2, -0.15) is 0 Å². The molecule has 0 fully saturated rings. The fourth-order valence-electron chi connectivity index (χ4n) is 3.82. The Kier molecular flexibility index (Phi) is 6.53. The Balaban J connectivity index is 1.48. The number of hydrogen-bond acceptors (Lipinski definition) is 6. The van der Waals surface area contributed by atoms with Crippen LogP contribution in [0.2, 0.25) is 0 Å². The molecule has 0 aliphatic carbocycles. The van der Waals surface area contributed by atoms with Crippen molar-refractivity contribution in [3.8, 4) is 22.8 Å². The second-order valence-electron chi connectivity index (χ2n) is 8.84. The number of rotatable bonds is 6. The van der Waals surface area contributed by atoms with Crippen molar-refractivity contribution in [2.24, 2.45) is 11.7 Å². The van der Waals surface area contributed by atoms with Crippen LogP contribution in [0.1, 0.15) is 25.0 Å². The van der Waals surface area contributed by atoms with Crippen LogP contribution in [0.25, 0.3) is 11.3 Å². The lowest BCUT2D eigenvalue weighted by Crippen LogP contribution is -2.40. The molecule has 3 N–H and O–H groups in total. The average molecular weight is 483 g/mol. The van der Waals surface area contributed by atoms with Crippen LogP contribution in [-0.2, 0) is 11.2 Å². The maximum absolute atomic E-state index is 12.7. The van der Waals surface area contributed by atoms with Gasteiger partial charge in [-0.25, -0.2) is 0 Å². The van der Waals surface area contributed by atoms with Crippen molar-refractivity contribution in [1.29, 1.82) is 0 Å². The molecule has 0 unspecified atom stereocenters. The number of nitrogens with two attached hydrogens (primary N) is 1. The summed E-state index contributed by atoms with van der Waals surface area (Å²) in [5.74, 6) is 1.87. The SMILES string of the molecule is CC(C)[C@H](N)C(=O)Nc1nnc(-c2ccc3c(c2)Sc2ccccc2O3)cc1Cc1ccccc1. The molecule has 35 heavy (non-hydrogen) atoms. The third kappa shape index (κ3) is 5.06. The van der Waals surface area contributed by atoms with E-state index in [1.54, 1.807) is 11.8 Å². The quantitative estimate of drug-likeness (QED) is 0.313. The maximum atomic E-state index is 12.7. The van der Waals surface area contributed by atoms with Crippen LogP contribution in [0, 0.1) is 5.92 Å². The number of nitrogens with zero attached hydrogens (tertiary/aromatic N) is 2. The normalized spacial score (nSPS) is 12.9. The van der Waals surface area contributed by atoms with Crippen LogP contribution in [0.4, 0.5) is 5.82 Å². The molecule has 3 aromatic carbocycles. The first-order valence-corrected chi connectivity index (χ1v) is 12.4. The standard InChI is InChI=1S/C28H26N4O2S/c1-17(2)26(29)28(33)30-27-20(14-18-8-4-3-5-9-18)15-21(31-32-27)19-12-13-23-25(16-19)35-24-11-7-6-10-22(24)34-23/h3-13,15-17,26H,14,29H2,1-2H3,(H,30,32,33)/t26-/m0/s1. The summed E-state index contributed by atoms with van der Waals surface area (Å²) in [7, 11) is 0. The van der Waals surface area contributed by atoms with Crippen LogP contribution >= 0.6 is 11.8 Å². The Labute approximate surface area is 208 Å². The van der Waals surface area contributed by atoms with Crippen molar-refractivity contribution < 1.29 is 9.53 Å². The van der Waals surface area contributed by atoms with E-state index in [1.807, 2.05) is 74.5 Å². The van der Waals surface area contributed by atoms with Crippen molar-refractivity contribution >= 4 is 23.5 Å². The zero-order valence-electron chi connectivity index (χ0n) is 19.6. The lowest BCUT2D eigenvalue weighted by Gasteiger charge is -2.20. The summed E-state index contributed by atoms with van der Waals surface area (Å²) >= 11 is 1.67. The van der Waals surface area contributed by atoms with Gasteiger partial charge in [0.05, 0.1) is 21.5 Å². The molecule has 1 aliphatic heterocycles. The van der Waals surface area contributed by atoms with Gasteiger partial charge in [-0.05, 0) is 47.9 Å². The third-order valence-corrected chi connectivity index (χ3v) is 7.00. The molecule has 1 aliphatic rings. The molecule has 0 radical (unpaired) electrons. The van der Waals surface area contributed by atoms with Gasteiger partial charge in [-0.1, -0.05) is 68.1 Å². The molecular weight excluding hydrogens is 456 g/mol. The summed E-state index contributed by atoms with van der Waals surface area (Å²) < 4.78 is 6.06. The average Bonchev–Trinajstić information content (AvgIpc) is 2.88. The van der Waals surface area contributed by atoms with Crippen molar-refractivity contribution in [2.75, 3.05) is 5.32 Å². The van der Waals surface area contributed by atoms with E-state index >= 15 is 0 Å². The lowest BCUT2D eigenvalue weighted by atomic mass is 10.0. The first kappa shape index (κ1) is 23.1. The predicted octanol–water partition coefficient (Wildman–Crippen LogP) is 5.91. The number of amides is 1. The van der Waals surface area contributed by atoms with Crippen molar-refractivity contribution in [3.05, 3.63) is 90.0 Å². The molecule has 1 amide bonds. The van der Waals surface area contributed by atoms with Crippen molar-refractivity contribution in [1.82, 2.24) is 10.2 Å². The molecule has 0 spiro atoms. The summed E-state index contributed by atoms with van der Waals surface area (Å²) in [4.78, 5) is 14.8. The second-order valence-corrected chi connectivity index (χ2v) is 9.92. The van der Waals surface area contributed by atoms with E-state index in [0.717, 1.165) is 43.7 Å². The van der Waals surface area contributed by atoms with Crippen LogP contribution in [-0.4, -0.2) is 22.1 Å². The highest BCUT2D eigenvalue weighted by molar-refractivity contribution is 7.99. The van der Waals surface area contributed by atoms with Gasteiger partial charge in [-0.3, -0.25) is 4.79 Å². The molecule has 0 saturated carbocycles. The fraction of sp³-hybridized carbons (Fsp3) is 0.179. The van der Waals surface area contributed by atoms with Gasteiger partial charge in [0.2, 0.25) is 5.91 Å². The number of para-hydroxylation sites is 1. The summed E-state index contributed by atoms with van der Waals surface area (Å²) in [6, 6.07) is 25.4. The highest BCUT2D eigenvalue weighted by Crippen LogP contribution is 2.47. The predicted molar refractivity (Wildman–Crippen MR) is 139 cm³/mol. The molecule has 2 heterocycles. The number of aromatic nitrogens is 2. The Bertz CT molecular complexity index is 1370. The van der Waals surface area contributed by atoms with E-state index < -0.39 is 6.04 Å². The zero-order chi connectivity index (χ0) is 24.4. The van der Waals surface area contributed by atoms with Crippen LogP contribution in [0.5, 0.6) is 11.5 Å². The minimum Gasteiger partial charge on any atom is -0.455 e. The molecule has 6 nitrogen and oxygen atoms in total. The van der Waals surface area contributed by atoms with Gasteiger partial charge in [0.25, 0.3) is 0 Å². The van der Waals surface area contributed by atoms with Crippen molar-refractivity contribution in [2.45, 2.75) is 36.1 Å². The number of fused-ring (bicyclic) bond motifs is 2. The number of carbonyl (C=O) groups is 1. The van der Waals surface area contributed by atoms with Gasteiger partial charge in [-0.15, -0.1) is 10.2 Å².